The fourth-order valence-electron chi connectivity index (χ4n) is 1.71. The summed E-state index contributed by atoms with van der Waals surface area (Å²) in [5, 5.41) is 3.09. The van der Waals surface area contributed by atoms with Crippen LogP contribution in [-0.4, -0.2) is 4.98 Å². The molecule has 1 unspecified atom stereocenters. The second kappa shape index (κ2) is 5.34. The highest BCUT2D eigenvalue weighted by Crippen LogP contribution is 2.29. The molecule has 2 aromatic rings. The highest BCUT2D eigenvalue weighted by atomic mass is 19.4. The number of anilines is 1. The lowest BCUT2D eigenvalue weighted by Crippen LogP contribution is -2.11. The van der Waals surface area contributed by atoms with Gasteiger partial charge < -0.3 is 9.73 Å². The molecule has 0 aliphatic carbocycles. The number of alkyl halides is 3. The summed E-state index contributed by atoms with van der Waals surface area (Å²) in [5.41, 5.74) is -0.375. The normalized spacial score (nSPS) is 13.3. The molecule has 2 aromatic heterocycles. The van der Waals surface area contributed by atoms with Crippen molar-refractivity contribution in [2.24, 2.45) is 0 Å². The van der Waals surface area contributed by atoms with Gasteiger partial charge in [0.2, 0.25) is 0 Å². The van der Waals surface area contributed by atoms with E-state index < -0.39 is 11.9 Å². The molecule has 19 heavy (non-hydrogen) atoms. The third kappa shape index (κ3) is 3.27. The van der Waals surface area contributed by atoms with E-state index >= 15 is 0 Å². The molecule has 0 saturated carbocycles. The van der Waals surface area contributed by atoms with Crippen LogP contribution in [0.25, 0.3) is 0 Å². The fourth-order valence-corrected chi connectivity index (χ4v) is 1.71. The van der Waals surface area contributed by atoms with Crippen LogP contribution in [0.1, 0.15) is 30.8 Å². The van der Waals surface area contributed by atoms with Crippen LogP contribution in [0.3, 0.4) is 0 Å². The molecule has 1 atom stereocenters. The maximum Gasteiger partial charge on any atom is 0.433 e. The molecule has 6 heteroatoms. The topological polar surface area (TPSA) is 38.1 Å². The van der Waals surface area contributed by atoms with Gasteiger partial charge in [0.25, 0.3) is 0 Å². The average molecular weight is 270 g/mol. The van der Waals surface area contributed by atoms with E-state index in [9.17, 15) is 13.2 Å². The van der Waals surface area contributed by atoms with E-state index in [2.05, 4.69) is 10.3 Å². The van der Waals surface area contributed by atoms with Crippen molar-refractivity contribution in [3.8, 4) is 0 Å². The third-order valence-electron chi connectivity index (χ3n) is 2.69. The van der Waals surface area contributed by atoms with Gasteiger partial charge in [-0.3, -0.25) is 0 Å². The monoisotopic (exact) mass is 270 g/mol. The van der Waals surface area contributed by atoms with Gasteiger partial charge in [-0.25, -0.2) is 4.98 Å². The lowest BCUT2D eigenvalue weighted by atomic mass is 10.1. The van der Waals surface area contributed by atoms with Crippen molar-refractivity contribution in [1.82, 2.24) is 4.98 Å². The largest absolute Gasteiger partial charge is 0.467 e. The number of rotatable bonds is 4. The maximum absolute atomic E-state index is 12.4. The molecule has 3 nitrogen and oxygen atoms in total. The van der Waals surface area contributed by atoms with Crippen molar-refractivity contribution >= 4 is 5.69 Å². The Bertz CT molecular complexity index is 506. The Labute approximate surface area is 108 Å². The number of furan rings is 1. The molecule has 0 aliphatic heterocycles. The first kappa shape index (κ1) is 13.5. The second-order valence-electron chi connectivity index (χ2n) is 4.05. The van der Waals surface area contributed by atoms with E-state index in [-0.39, 0.29) is 6.04 Å². The van der Waals surface area contributed by atoms with E-state index in [4.69, 9.17) is 4.42 Å². The summed E-state index contributed by atoms with van der Waals surface area (Å²) in [7, 11) is 0. The van der Waals surface area contributed by atoms with Crippen LogP contribution in [0.15, 0.2) is 41.1 Å². The third-order valence-corrected chi connectivity index (χ3v) is 2.69. The van der Waals surface area contributed by atoms with Crippen LogP contribution in [-0.2, 0) is 6.18 Å². The molecule has 0 spiro atoms. The van der Waals surface area contributed by atoms with Crippen molar-refractivity contribution in [2.75, 3.05) is 5.32 Å². The van der Waals surface area contributed by atoms with E-state index in [0.717, 1.165) is 18.2 Å². The number of pyridine rings is 1. The second-order valence-corrected chi connectivity index (χ2v) is 4.05. The smallest absolute Gasteiger partial charge is 0.433 e. The lowest BCUT2D eigenvalue weighted by molar-refractivity contribution is -0.141. The van der Waals surface area contributed by atoms with Gasteiger partial charge in [0.1, 0.15) is 11.5 Å². The van der Waals surface area contributed by atoms with Gasteiger partial charge in [-0.15, -0.1) is 0 Å². The predicted octanol–water partition coefficient (Wildman–Crippen LogP) is 4.26. The van der Waals surface area contributed by atoms with Crippen LogP contribution in [0.4, 0.5) is 18.9 Å². The van der Waals surface area contributed by atoms with Crippen LogP contribution in [0.2, 0.25) is 0 Å². The van der Waals surface area contributed by atoms with Crippen molar-refractivity contribution < 1.29 is 17.6 Å². The summed E-state index contributed by atoms with van der Waals surface area (Å²) in [5.74, 6) is 0.738. The molecule has 0 bridgehead atoms. The van der Waals surface area contributed by atoms with Crippen LogP contribution in [0.5, 0.6) is 0 Å². The Balaban J connectivity index is 2.11. The fraction of sp³-hybridized carbons (Fsp3) is 0.308. The number of nitrogens with one attached hydrogen (secondary N) is 1. The molecular formula is C13H13F3N2O. The summed E-state index contributed by atoms with van der Waals surface area (Å²) in [6.45, 7) is 1.96. The van der Waals surface area contributed by atoms with Gasteiger partial charge in [0, 0.05) is 0 Å². The van der Waals surface area contributed by atoms with Crippen molar-refractivity contribution in [2.45, 2.75) is 25.6 Å². The van der Waals surface area contributed by atoms with Crippen LogP contribution in [0, 0.1) is 0 Å². The first-order valence-electron chi connectivity index (χ1n) is 5.84. The number of nitrogens with zero attached hydrogens (tertiary/aromatic N) is 1. The van der Waals surface area contributed by atoms with Gasteiger partial charge in [-0.05, 0) is 30.7 Å². The zero-order valence-corrected chi connectivity index (χ0v) is 10.2. The summed E-state index contributed by atoms with van der Waals surface area (Å²) in [4.78, 5) is 3.40. The number of aromatic nitrogens is 1. The number of hydrogen-bond donors (Lipinski definition) is 1. The quantitative estimate of drug-likeness (QED) is 0.902. The SMILES string of the molecule is CCC(Nc1ccc(C(F)(F)F)nc1)c1ccco1. The minimum absolute atomic E-state index is 0.0893. The van der Waals surface area contributed by atoms with Gasteiger partial charge >= 0.3 is 6.18 Å². The molecule has 2 heterocycles. The van der Waals surface area contributed by atoms with Gasteiger partial charge in [0.15, 0.2) is 0 Å². The molecule has 0 aromatic carbocycles. The highest BCUT2D eigenvalue weighted by molar-refractivity contribution is 5.43. The lowest BCUT2D eigenvalue weighted by Gasteiger charge is -2.16. The van der Waals surface area contributed by atoms with Crippen LogP contribution < -0.4 is 5.32 Å². The Morgan fingerprint density at radius 3 is 2.58 bits per heavy atom. The minimum atomic E-state index is -4.41. The van der Waals surface area contributed by atoms with E-state index in [1.165, 1.54) is 12.3 Å². The molecule has 1 N–H and O–H groups in total. The molecule has 102 valence electrons. The maximum atomic E-state index is 12.4. The van der Waals surface area contributed by atoms with Crippen LogP contribution >= 0.6 is 0 Å². The molecule has 0 radical (unpaired) electrons. The molecule has 0 amide bonds. The van der Waals surface area contributed by atoms with Crippen molar-refractivity contribution in [1.29, 1.82) is 0 Å². The number of halogens is 3. The van der Waals surface area contributed by atoms with Crippen molar-refractivity contribution in [3.05, 3.63) is 48.2 Å². The molecule has 0 fully saturated rings. The first-order valence-corrected chi connectivity index (χ1v) is 5.84. The zero-order chi connectivity index (χ0) is 13.9. The average Bonchev–Trinajstić information content (AvgIpc) is 2.89. The van der Waals surface area contributed by atoms with Gasteiger partial charge in [0.05, 0.1) is 24.2 Å². The summed E-state index contributed by atoms with van der Waals surface area (Å²) < 4.78 is 42.4. The Morgan fingerprint density at radius 1 is 1.32 bits per heavy atom. The van der Waals surface area contributed by atoms with Gasteiger partial charge in [-0.1, -0.05) is 6.92 Å². The minimum Gasteiger partial charge on any atom is -0.467 e. The Hall–Kier alpha value is -1.98. The van der Waals surface area contributed by atoms with E-state index in [1.807, 2.05) is 13.0 Å². The zero-order valence-electron chi connectivity index (χ0n) is 10.2. The van der Waals surface area contributed by atoms with E-state index in [0.29, 0.717) is 5.69 Å². The predicted molar refractivity (Wildman–Crippen MR) is 64.6 cm³/mol. The Morgan fingerprint density at radius 2 is 2.11 bits per heavy atom. The van der Waals surface area contributed by atoms with Crippen molar-refractivity contribution in [3.63, 3.8) is 0 Å². The molecular weight excluding hydrogens is 257 g/mol. The summed E-state index contributed by atoms with van der Waals surface area (Å²) in [6, 6.07) is 5.82. The first-order chi connectivity index (χ1) is 9.00. The van der Waals surface area contributed by atoms with Gasteiger partial charge in [-0.2, -0.15) is 13.2 Å². The standard InChI is InChI=1S/C13H13F3N2O/c1-2-10(11-4-3-7-19-11)18-9-5-6-12(17-8-9)13(14,15)16/h3-8,10,18H,2H2,1H3. The van der Waals surface area contributed by atoms with E-state index in [1.54, 1.807) is 12.3 Å². The number of hydrogen-bond acceptors (Lipinski definition) is 3. The molecule has 0 saturated heterocycles. The molecule has 0 aliphatic rings. The summed E-state index contributed by atoms with van der Waals surface area (Å²) in [6.07, 6.45) is -0.933. The summed E-state index contributed by atoms with van der Waals surface area (Å²) >= 11 is 0. The Kier molecular flexibility index (Phi) is 3.78. The molecule has 2 rings (SSSR count). The highest BCUT2D eigenvalue weighted by Gasteiger charge is 2.32.